The third-order valence-electron chi connectivity index (χ3n) is 2.89. The predicted octanol–water partition coefficient (Wildman–Crippen LogP) is 2.97. The maximum Gasteiger partial charge on any atom is 0.183 e. The lowest BCUT2D eigenvalue weighted by atomic mass is 10.1. The van der Waals surface area contributed by atoms with E-state index in [9.17, 15) is 0 Å². The van der Waals surface area contributed by atoms with E-state index < -0.39 is 0 Å². The molecule has 3 rings (SSSR count). The lowest BCUT2D eigenvalue weighted by Gasteiger charge is -2.00. The Hall–Kier alpha value is -2.23. The van der Waals surface area contributed by atoms with Gasteiger partial charge in [-0.3, -0.25) is 10.1 Å². The number of rotatable bonds is 3. The van der Waals surface area contributed by atoms with Gasteiger partial charge in [0.1, 0.15) is 5.82 Å². The van der Waals surface area contributed by atoms with Crippen LogP contribution in [0.25, 0.3) is 22.3 Å². The van der Waals surface area contributed by atoms with E-state index in [0.29, 0.717) is 0 Å². The van der Waals surface area contributed by atoms with Crippen LogP contribution >= 0.6 is 0 Å². The molecule has 0 radical (unpaired) electrons. The molecule has 4 heteroatoms. The Morgan fingerprint density at radius 1 is 1.17 bits per heavy atom. The molecular formula is C14H14N4. The summed E-state index contributed by atoms with van der Waals surface area (Å²) in [4.78, 5) is 8.93. The zero-order chi connectivity index (χ0) is 12.4. The third-order valence-corrected chi connectivity index (χ3v) is 2.89. The molecule has 3 aromatic rings. The van der Waals surface area contributed by atoms with E-state index in [1.165, 1.54) is 0 Å². The maximum absolute atomic E-state index is 4.51. The predicted molar refractivity (Wildman–Crippen MR) is 71.1 cm³/mol. The van der Waals surface area contributed by atoms with Crippen LogP contribution in [0.3, 0.4) is 0 Å². The summed E-state index contributed by atoms with van der Waals surface area (Å²) in [5.74, 6) is 1.66. The Balaban J connectivity index is 2.12. The summed E-state index contributed by atoms with van der Waals surface area (Å²) in [6.07, 6.45) is 3.78. The molecular weight excluding hydrogens is 224 g/mol. The number of pyridine rings is 1. The fourth-order valence-electron chi connectivity index (χ4n) is 2.05. The highest BCUT2D eigenvalue weighted by Gasteiger charge is 2.09. The highest BCUT2D eigenvalue weighted by molar-refractivity contribution is 5.91. The Bertz CT molecular complexity index is 667. The molecule has 0 saturated carbocycles. The molecule has 0 amide bonds. The number of hydrogen-bond acceptors (Lipinski definition) is 3. The molecule has 1 N–H and O–H groups in total. The molecule has 0 atom stereocenters. The van der Waals surface area contributed by atoms with E-state index >= 15 is 0 Å². The van der Waals surface area contributed by atoms with Crippen LogP contribution in [0.2, 0.25) is 0 Å². The number of aryl methyl sites for hydroxylation is 1. The number of nitrogens with one attached hydrogen (secondary N) is 1. The second-order valence-corrected chi connectivity index (χ2v) is 4.24. The zero-order valence-electron chi connectivity index (χ0n) is 10.2. The van der Waals surface area contributed by atoms with Crippen molar-refractivity contribution in [1.82, 2.24) is 20.2 Å². The van der Waals surface area contributed by atoms with Gasteiger partial charge in [-0.15, -0.1) is 0 Å². The van der Waals surface area contributed by atoms with Crippen molar-refractivity contribution in [3.63, 3.8) is 0 Å². The summed E-state index contributed by atoms with van der Waals surface area (Å²) < 4.78 is 0. The first kappa shape index (κ1) is 10.9. The fourth-order valence-corrected chi connectivity index (χ4v) is 2.05. The number of hydrogen-bond donors (Lipinski definition) is 1. The Kier molecular flexibility index (Phi) is 2.76. The van der Waals surface area contributed by atoms with Crippen molar-refractivity contribution in [2.45, 2.75) is 19.8 Å². The molecule has 0 aliphatic rings. The van der Waals surface area contributed by atoms with Crippen LogP contribution in [-0.2, 0) is 6.42 Å². The van der Waals surface area contributed by atoms with E-state index in [-0.39, 0.29) is 0 Å². The minimum atomic E-state index is 0.725. The van der Waals surface area contributed by atoms with Crippen LogP contribution in [0.15, 0.2) is 36.5 Å². The van der Waals surface area contributed by atoms with Crippen LogP contribution in [0, 0.1) is 0 Å². The lowest BCUT2D eigenvalue weighted by molar-refractivity contribution is 0.841. The molecule has 0 bridgehead atoms. The van der Waals surface area contributed by atoms with Gasteiger partial charge in [0.2, 0.25) is 0 Å². The van der Waals surface area contributed by atoms with Crippen molar-refractivity contribution in [2.75, 3.05) is 0 Å². The van der Waals surface area contributed by atoms with Crippen molar-refractivity contribution < 1.29 is 0 Å². The van der Waals surface area contributed by atoms with E-state index in [1.54, 1.807) is 6.20 Å². The van der Waals surface area contributed by atoms with Gasteiger partial charge in [0, 0.05) is 23.6 Å². The van der Waals surface area contributed by atoms with Crippen LogP contribution in [-0.4, -0.2) is 20.2 Å². The monoisotopic (exact) mass is 238 g/mol. The van der Waals surface area contributed by atoms with E-state index in [1.807, 2.05) is 30.3 Å². The number of H-pyrrole nitrogens is 1. The molecule has 0 aliphatic heterocycles. The number of aromatic amines is 1. The molecule has 0 aliphatic carbocycles. The number of benzene rings is 1. The fraction of sp³-hybridized carbons (Fsp3) is 0.214. The van der Waals surface area contributed by atoms with Gasteiger partial charge in [0.25, 0.3) is 0 Å². The molecule has 0 spiro atoms. The van der Waals surface area contributed by atoms with E-state index in [2.05, 4.69) is 27.1 Å². The van der Waals surface area contributed by atoms with Crippen molar-refractivity contribution in [3.05, 3.63) is 42.4 Å². The summed E-state index contributed by atoms with van der Waals surface area (Å²) in [6, 6.07) is 10.0. The molecule has 2 heterocycles. The topological polar surface area (TPSA) is 54.5 Å². The largest absolute Gasteiger partial charge is 0.263 e. The second-order valence-electron chi connectivity index (χ2n) is 4.24. The van der Waals surface area contributed by atoms with E-state index in [4.69, 9.17) is 0 Å². The van der Waals surface area contributed by atoms with Crippen molar-refractivity contribution in [3.8, 4) is 11.4 Å². The second kappa shape index (κ2) is 4.56. The van der Waals surface area contributed by atoms with Gasteiger partial charge in [-0.25, -0.2) is 4.98 Å². The van der Waals surface area contributed by atoms with Gasteiger partial charge in [-0.1, -0.05) is 25.1 Å². The molecule has 2 aromatic heterocycles. The summed E-state index contributed by atoms with van der Waals surface area (Å²) in [7, 11) is 0. The van der Waals surface area contributed by atoms with Crippen molar-refractivity contribution in [1.29, 1.82) is 0 Å². The molecule has 4 nitrogen and oxygen atoms in total. The van der Waals surface area contributed by atoms with Crippen molar-refractivity contribution >= 4 is 10.9 Å². The number of fused-ring (bicyclic) bond motifs is 1. The van der Waals surface area contributed by atoms with Crippen LogP contribution in [0.1, 0.15) is 19.2 Å². The standard InChI is InChI=1S/C14H14N4/c1-2-5-12-16-14(18-17-12)11-8-3-6-10-7-4-9-15-13(10)11/h3-4,6-9H,2,5H2,1H3,(H,16,17,18). The summed E-state index contributed by atoms with van der Waals surface area (Å²) in [5.41, 5.74) is 1.92. The minimum Gasteiger partial charge on any atom is -0.263 e. The van der Waals surface area contributed by atoms with Crippen LogP contribution < -0.4 is 0 Å². The Labute approximate surface area is 105 Å². The van der Waals surface area contributed by atoms with Crippen molar-refractivity contribution in [2.24, 2.45) is 0 Å². The maximum atomic E-state index is 4.51. The first-order valence-electron chi connectivity index (χ1n) is 6.14. The quantitative estimate of drug-likeness (QED) is 0.763. The molecule has 0 saturated heterocycles. The lowest BCUT2D eigenvalue weighted by Crippen LogP contribution is -1.87. The summed E-state index contributed by atoms with van der Waals surface area (Å²) in [6.45, 7) is 2.13. The van der Waals surface area contributed by atoms with Gasteiger partial charge in [-0.2, -0.15) is 5.10 Å². The first-order valence-corrected chi connectivity index (χ1v) is 6.14. The third kappa shape index (κ3) is 1.86. The highest BCUT2D eigenvalue weighted by Crippen LogP contribution is 2.23. The average molecular weight is 238 g/mol. The molecule has 0 fully saturated rings. The van der Waals surface area contributed by atoms with Gasteiger partial charge in [0.15, 0.2) is 5.82 Å². The number of aromatic nitrogens is 4. The first-order chi connectivity index (χ1) is 8.88. The molecule has 0 unspecified atom stereocenters. The summed E-state index contributed by atoms with van der Waals surface area (Å²) >= 11 is 0. The SMILES string of the molecule is CCCc1nc(-c2cccc3cccnc23)n[nH]1. The smallest absolute Gasteiger partial charge is 0.183 e. The average Bonchev–Trinajstić information content (AvgIpc) is 2.87. The number of nitrogens with zero attached hydrogens (tertiary/aromatic N) is 3. The summed E-state index contributed by atoms with van der Waals surface area (Å²) in [5, 5.41) is 8.37. The van der Waals surface area contributed by atoms with Gasteiger partial charge < -0.3 is 0 Å². The van der Waals surface area contributed by atoms with Crippen LogP contribution in [0.4, 0.5) is 0 Å². The van der Waals surface area contributed by atoms with Crippen LogP contribution in [0.5, 0.6) is 0 Å². The Morgan fingerprint density at radius 2 is 2.06 bits per heavy atom. The minimum absolute atomic E-state index is 0.725. The van der Waals surface area contributed by atoms with Gasteiger partial charge >= 0.3 is 0 Å². The highest BCUT2D eigenvalue weighted by atomic mass is 15.2. The Morgan fingerprint density at radius 3 is 2.94 bits per heavy atom. The zero-order valence-corrected chi connectivity index (χ0v) is 10.2. The van der Waals surface area contributed by atoms with Gasteiger partial charge in [-0.05, 0) is 18.6 Å². The normalized spacial score (nSPS) is 10.9. The number of para-hydroxylation sites is 1. The molecule has 18 heavy (non-hydrogen) atoms. The van der Waals surface area contributed by atoms with E-state index in [0.717, 1.165) is 41.0 Å². The molecule has 90 valence electrons. The molecule has 1 aromatic carbocycles. The van der Waals surface area contributed by atoms with Gasteiger partial charge in [0.05, 0.1) is 5.52 Å².